The molecule has 1 amide bonds. The minimum Gasteiger partial charge on any atom is -0.444 e. The first-order valence-corrected chi connectivity index (χ1v) is 10.1. The lowest BCUT2D eigenvalue weighted by atomic mass is 9.96. The Morgan fingerprint density at radius 2 is 1.77 bits per heavy atom. The van der Waals surface area contributed by atoms with Crippen LogP contribution in [-0.4, -0.2) is 58.7 Å². The molecule has 1 heterocycles. The number of rotatable bonds is 4. The summed E-state index contributed by atoms with van der Waals surface area (Å²) in [7, 11) is 0. The summed E-state index contributed by atoms with van der Waals surface area (Å²) in [6.07, 6.45) is -0.261. The Kier molecular flexibility index (Phi) is 6.62. The predicted octanol–water partition coefficient (Wildman–Crippen LogP) is 3.50. The van der Waals surface area contributed by atoms with Gasteiger partial charge in [0.15, 0.2) is 5.84 Å². The number of ether oxygens (including phenoxy) is 1. The summed E-state index contributed by atoms with van der Waals surface area (Å²) in [4.78, 5) is 16.3. The van der Waals surface area contributed by atoms with Crippen LogP contribution in [0.1, 0.15) is 31.9 Å². The molecule has 0 aliphatic carbocycles. The van der Waals surface area contributed by atoms with Crippen molar-refractivity contribution in [2.24, 2.45) is 10.9 Å². The summed E-state index contributed by atoms with van der Waals surface area (Å²) in [5.41, 5.74) is 9.18. The molecule has 3 N–H and O–H groups in total. The van der Waals surface area contributed by atoms with Crippen LogP contribution in [-0.2, 0) is 11.3 Å². The van der Waals surface area contributed by atoms with Gasteiger partial charge in [-0.25, -0.2) is 4.79 Å². The molecule has 0 saturated carbocycles. The molecule has 2 aromatic carbocycles. The van der Waals surface area contributed by atoms with Crippen molar-refractivity contribution >= 4 is 11.9 Å². The fourth-order valence-corrected chi connectivity index (χ4v) is 3.50. The van der Waals surface area contributed by atoms with E-state index in [0.717, 1.165) is 36.3 Å². The van der Waals surface area contributed by atoms with Gasteiger partial charge in [0.2, 0.25) is 0 Å². The van der Waals surface area contributed by atoms with Gasteiger partial charge in [0.25, 0.3) is 0 Å². The van der Waals surface area contributed by atoms with Gasteiger partial charge >= 0.3 is 6.09 Å². The normalized spacial score (nSPS) is 15.8. The number of carbonyl (C=O) groups excluding carboxylic acids is 1. The third-order valence-corrected chi connectivity index (χ3v) is 4.98. The third kappa shape index (κ3) is 5.51. The lowest BCUT2D eigenvalue weighted by molar-refractivity contribution is 0.0139. The van der Waals surface area contributed by atoms with Crippen molar-refractivity contribution in [2.75, 3.05) is 26.2 Å². The number of piperazine rings is 1. The molecule has 0 bridgehead atoms. The van der Waals surface area contributed by atoms with E-state index in [4.69, 9.17) is 10.5 Å². The van der Waals surface area contributed by atoms with E-state index < -0.39 is 5.60 Å². The van der Waals surface area contributed by atoms with E-state index in [1.807, 2.05) is 63.2 Å². The Bertz CT molecular complexity index is 898. The van der Waals surface area contributed by atoms with Crippen molar-refractivity contribution in [3.05, 3.63) is 59.7 Å². The van der Waals surface area contributed by atoms with Gasteiger partial charge in [0.05, 0.1) is 0 Å². The molecule has 1 aliphatic rings. The largest absolute Gasteiger partial charge is 0.444 e. The Morgan fingerprint density at radius 3 is 2.37 bits per heavy atom. The highest BCUT2D eigenvalue weighted by atomic mass is 16.6. The zero-order chi connectivity index (χ0) is 21.7. The van der Waals surface area contributed by atoms with E-state index in [1.165, 1.54) is 0 Å². The van der Waals surface area contributed by atoms with Crippen molar-refractivity contribution in [2.45, 2.75) is 32.9 Å². The van der Waals surface area contributed by atoms with Gasteiger partial charge in [0.1, 0.15) is 5.60 Å². The van der Waals surface area contributed by atoms with Gasteiger partial charge in [-0.1, -0.05) is 47.6 Å². The molecule has 1 aliphatic heterocycles. The van der Waals surface area contributed by atoms with Crippen LogP contribution >= 0.6 is 0 Å². The molecular weight excluding hydrogens is 380 g/mol. The minimum absolute atomic E-state index is 0.0884. The standard InChI is InChI=1S/C23H30N4O3/c1-23(2,3)30-22(28)27-13-11-26(12-14-27)16-17-9-10-19(18-7-5-4-6-8-18)20(15-17)21(24)25-29/h4-10,15,29H,11-14,16H2,1-3H3,(H2,24,25). The SMILES string of the molecule is CC(C)(C)OC(=O)N1CCN(Cc2ccc(-c3ccccc3)c(C(N)=NO)c2)CC1. The lowest BCUT2D eigenvalue weighted by Gasteiger charge is -2.35. The Hall–Kier alpha value is -3.06. The van der Waals surface area contributed by atoms with E-state index in [2.05, 4.69) is 16.1 Å². The first-order valence-electron chi connectivity index (χ1n) is 10.1. The van der Waals surface area contributed by atoms with Gasteiger partial charge in [-0.3, -0.25) is 4.90 Å². The van der Waals surface area contributed by atoms with E-state index in [0.29, 0.717) is 18.7 Å². The van der Waals surface area contributed by atoms with Gasteiger partial charge in [-0.15, -0.1) is 0 Å². The molecule has 30 heavy (non-hydrogen) atoms. The van der Waals surface area contributed by atoms with Crippen LogP contribution in [0.4, 0.5) is 4.79 Å². The molecule has 2 aromatic rings. The van der Waals surface area contributed by atoms with E-state index in [9.17, 15) is 10.0 Å². The number of amidine groups is 1. The van der Waals surface area contributed by atoms with Crippen LogP contribution in [0.15, 0.2) is 53.7 Å². The second-order valence-electron chi connectivity index (χ2n) is 8.47. The van der Waals surface area contributed by atoms with Crippen molar-refractivity contribution < 1.29 is 14.7 Å². The molecule has 7 heteroatoms. The predicted molar refractivity (Wildman–Crippen MR) is 117 cm³/mol. The second kappa shape index (κ2) is 9.17. The highest BCUT2D eigenvalue weighted by Gasteiger charge is 2.26. The molecule has 160 valence electrons. The third-order valence-electron chi connectivity index (χ3n) is 4.98. The number of carbonyl (C=O) groups is 1. The van der Waals surface area contributed by atoms with Crippen LogP contribution in [0.5, 0.6) is 0 Å². The smallest absolute Gasteiger partial charge is 0.410 e. The average molecular weight is 411 g/mol. The monoisotopic (exact) mass is 410 g/mol. The Morgan fingerprint density at radius 1 is 1.10 bits per heavy atom. The number of amides is 1. The summed E-state index contributed by atoms with van der Waals surface area (Å²) in [6, 6.07) is 15.9. The minimum atomic E-state index is -0.487. The van der Waals surface area contributed by atoms with Crippen LogP contribution in [0, 0.1) is 0 Å². The summed E-state index contributed by atoms with van der Waals surface area (Å²) >= 11 is 0. The fourth-order valence-electron chi connectivity index (χ4n) is 3.50. The first-order chi connectivity index (χ1) is 14.3. The maximum absolute atomic E-state index is 12.2. The van der Waals surface area contributed by atoms with Crippen molar-refractivity contribution in [1.29, 1.82) is 0 Å². The molecule has 1 saturated heterocycles. The maximum atomic E-state index is 12.2. The van der Waals surface area contributed by atoms with Crippen LogP contribution in [0.2, 0.25) is 0 Å². The maximum Gasteiger partial charge on any atom is 0.410 e. The number of hydrogen-bond donors (Lipinski definition) is 2. The molecule has 0 aromatic heterocycles. The number of hydrogen-bond acceptors (Lipinski definition) is 5. The number of nitrogens with two attached hydrogens (primary N) is 1. The molecule has 3 rings (SSSR count). The second-order valence-corrected chi connectivity index (χ2v) is 8.47. The van der Waals surface area contributed by atoms with Crippen LogP contribution < -0.4 is 5.73 Å². The topological polar surface area (TPSA) is 91.4 Å². The molecule has 0 atom stereocenters. The Balaban J connectivity index is 1.69. The van der Waals surface area contributed by atoms with E-state index >= 15 is 0 Å². The first kappa shape index (κ1) is 21.6. The van der Waals surface area contributed by atoms with Gasteiger partial charge in [0, 0.05) is 38.3 Å². The van der Waals surface area contributed by atoms with Gasteiger partial charge < -0.3 is 20.6 Å². The molecule has 0 spiro atoms. The van der Waals surface area contributed by atoms with Crippen molar-refractivity contribution in [1.82, 2.24) is 9.80 Å². The zero-order valence-electron chi connectivity index (χ0n) is 17.8. The average Bonchev–Trinajstić information content (AvgIpc) is 2.73. The number of benzene rings is 2. The molecular formula is C23H30N4O3. The Labute approximate surface area is 177 Å². The van der Waals surface area contributed by atoms with Crippen LogP contribution in [0.25, 0.3) is 11.1 Å². The zero-order valence-corrected chi connectivity index (χ0v) is 17.8. The van der Waals surface area contributed by atoms with Gasteiger partial charge in [-0.05, 0) is 43.5 Å². The number of nitrogens with zero attached hydrogens (tertiary/aromatic N) is 3. The fraction of sp³-hybridized carbons (Fsp3) is 0.391. The molecule has 1 fully saturated rings. The summed E-state index contributed by atoms with van der Waals surface area (Å²) in [6.45, 7) is 9.13. The number of oxime groups is 1. The van der Waals surface area contributed by atoms with Crippen molar-refractivity contribution in [3.63, 3.8) is 0 Å². The highest BCUT2D eigenvalue weighted by Crippen LogP contribution is 2.25. The van der Waals surface area contributed by atoms with Crippen molar-refractivity contribution in [3.8, 4) is 11.1 Å². The molecule has 0 radical (unpaired) electrons. The van der Waals surface area contributed by atoms with E-state index in [1.54, 1.807) is 4.90 Å². The summed E-state index contributed by atoms with van der Waals surface area (Å²) < 4.78 is 5.46. The highest BCUT2D eigenvalue weighted by molar-refractivity contribution is 6.03. The van der Waals surface area contributed by atoms with E-state index in [-0.39, 0.29) is 11.9 Å². The molecule has 7 nitrogen and oxygen atoms in total. The summed E-state index contributed by atoms with van der Waals surface area (Å²) in [5.74, 6) is 0.0884. The van der Waals surface area contributed by atoms with Crippen LogP contribution in [0.3, 0.4) is 0 Å². The summed E-state index contributed by atoms with van der Waals surface area (Å²) in [5, 5.41) is 12.5. The van der Waals surface area contributed by atoms with Gasteiger partial charge in [-0.2, -0.15) is 0 Å². The lowest BCUT2D eigenvalue weighted by Crippen LogP contribution is -2.49. The molecule has 0 unspecified atom stereocenters. The quantitative estimate of drug-likeness (QED) is 0.348.